The average Bonchev–Trinajstić information content (AvgIpc) is 2.50. The van der Waals surface area contributed by atoms with E-state index in [1.54, 1.807) is 19.1 Å². The van der Waals surface area contributed by atoms with Gasteiger partial charge in [-0.2, -0.15) is 4.31 Å². The number of methoxy groups -OCH3 is 1. The number of benzene rings is 2. The van der Waals surface area contributed by atoms with Gasteiger partial charge in [-0.25, -0.2) is 12.8 Å². The van der Waals surface area contributed by atoms with Crippen molar-refractivity contribution in [3.63, 3.8) is 0 Å². The van der Waals surface area contributed by atoms with Gasteiger partial charge in [0, 0.05) is 24.2 Å². The van der Waals surface area contributed by atoms with E-state index >= 15 is 0 Å². The molecule has 23 heavy (non-hydrogen) atoms. The van der Waals surface area contributed by atoms with E-state index in [1.165, 1.54) is 38.4 Å². The van der Waals surface area contributed by atoms with Gasteiger partial charge in [0.15, 0.2) is 0 Å². The van der Waals surface area contributed by atoms with Crippen molar-refractivity contribution >= 4 is 21.6 Å². The minimum Gasteiger partial charge on any atom is -0.495 e. The molecule has 0 bridgehead atoms. The van der Waals surface area contributed by atoms with Crippen LogP contribution in [0.3, 0.4) is 0 Å². The molecule has 0 unspecified atom stereocenters. The predicted molar refractivity (Wildman–Crippen MR) is 87.8 cm³/mol. The van der Waals surface area contributed by atoms with Crippen molar-refractivity contribution in [1.82, 2.24) is 4.31 Å². The molecule has 2 aromatic carbocycles. The lowest BCUT2D eigenvalue weighted by Gasteiger charge is -2.20. The van der Waals surface area contributed by atoms with E-state index in [2.05, 4.69) is 0 Å². The van der Waals surface area contributed by atoms with Crippen molar-refractivity contribution in [3.8, 4) is 5.75 Å². The lowest BCUT2D eigenvalue weighted by atomic mass is 10.2. The Bertz CT molecular complexity index is 804. The number of hydrogen-bond donors (Lipinski definition) is 0. The highest BCUT2D eigenvalue weighted by atomic mass is 35.5. The predicted octanol–water partition coefficient (Wildman–Crippen LogP) is 3.62. The van der Waals surface area contributed by atoms with Gasteiger partial charge >= 0.3 is 0 Å². The normalized spacial score (nSPS) is 11.7. The average molecular weight is 358 g/mol. The largest absolute Gasteiger partial charge is 0.495 e. The molecule has 0 heterocycles. The molecule has 0 saturated heterocycles. The van der Waals surface area contributed by atoms with Crippen LogP contribution >= 0.6 is 11.6 Å². The highest BCUT2D eigenvalue weighted by Crippen LogP contribution is 2.29. The van der Waals surface area contributed by atoms with E-state index in [0.717, 1.165) is 9.87 Å². The number of aryl methyl sites for hydroxylation is 1. The maximum Gasteiger partial charge on any atom is 0.246 e. The monoisotopic (exact) mass is 357 g/mol. The lowest BCUT2D eigenvalue weighted by molar-refractivity contribution is 0.397. The van der Waals surface area contributed by atoms with Crippen LogP contribution in [0.5, 0.6) is 5.75 Å². The van der Waals surface area contributed by atoms with Gasteiger partial charge in [0.2, 0.25) is 10.0 Å². The van der Waals surface area contributed by atoms with Crippen LogP contribution in [-0.4, -0.2) is 26.9 Å². The highest BCUT2D eigenvalue weighted by molar-refractivity contribution is 7.89. The van der Waals surface area contributed by atoms with Crippen molar-refractivity contribution in [2.24, 2.45) is 0 Å². The lowest BCUT2D eigenvalue weighted by Crippen LogP contribution is -2.27. The second kappa shape index (κ2) is 6.86. The summed E-state index contributed by atoms with van der Waals surface area (Å²) in [6, 6.07) is 9.10. The van der Waals surface area contributed by atoms with Crippen molar-refractivity contribution in [3.05, 3.63) is 58.4 Å². The van der Waals surface area contributed by atoms with E-state index in [9.17, 15) is 12.8 Å². The zero-order valence-corrected chi connectivity index (χ0v) is 14.6. The molecular weight excluding hydrogens is 341 g/mol. The zero-order valence-electron chi connectivity index (χ0n) is 13.0. The summed E-state index contributed by atoms with van der Waals surface area (Å²) in [6.07, 6.45) is 0. The second-order valence-electron chi connectivity index (χ2n) is 5.12. The van der Waals surface area contributed by atoms with Crippen LogP contribution < -0.4 is 4.74 Å². The topological polar surface area (TPSA) is 46.6 Å². The Kier molecular flexibility index (Phi) is 5.29. The fraction of sp³-hybridized carbons (Fsp3) is 0.250. The minimum absolute atomic E-state index is 0.0370. The van der Waals surface area contributed by atoms with Crippen molar-refractivity contribution in [1.29, 1.82) is 0 Å². The Balaban J connectivity index is 2.42. The first-order valence-electron chi connectivity index (χ1n) is 6.81. The summed E-state index contributed by atoms with van der Waals surface area (Å²) in [4.78, 5) is 0.0370. The van der Waals surface area contributed by atoms with Gasteiger partial charge in [0.1, 0.15) is 16.5 Å². The van der Waals surface area contributed by atoms with Crippen LogP contribution in [0.2, 0.25) is 5.02 Å². The highest BCUT2D eigenvalue weighted by Gasteiger charge is 2.26. The van der Waals surface area contributed by atoms with Crippen molar-refractivity contribution in [2.45, 2.75) is 18.4 Å². The molecule has 0 atom stereocenters. The Morgan fingerprint density at radius 3 is 2.57 bits per heavy atom. The van der Waals surface area contributed by atoms with Crippen LogP contribution in [0, 0.1) is 12.7 Å². The fourth-order valence-electron chi connectivity index (χ4n) is 2.14. The summed E-state index contributed by atoms with van der Waals surface area (Å²) in [6.45, 7) is 1.61. The summed E-state index contributed by atoms with van der Waals surface area (Å²) in [5.74, 6) is -0.308. The molecule has 7 heteroatoms. The van der Waals surface area contributed by atoms with E-state index < -0.39 is 15.8 Å². The second-order valence-corrected chi connectivity index (χ2v) is 7.54. The van der Waals surface area contributed by atoms with E-state index in [-0.39, 0.29) is 27.8 Å². The number of ether oxygens (including phenoxy) is 1. The molecule has 0 aliphatic rings. The number of halogens is 2. The summed E-state index contributed by atoms with van der Waals surface area (Å²) in [7, 11) is -1.08. The Morgan fingerprint density at radius 1 is 1.26 bits per heavy atom. The quantitative estimate of drug-likeness (QED) is 0.821. The summed E-state index contributed by atoms with van der Waals surface area (Å²) < 4.78 is 45.6. The van der Waals surface area contributed by atoms with E-state index in [0.29, 0.717) is 0 Å². The zero-order chi connectivity index (χ0) is 17.2. The number of rotatable bonds is 5. The molecule has 0 spiro atoms. The third-order valence-corrected chi connectivity index (χ3v) is 5.63. The Hall–Kier alpha value is -1.63. The summed E-state index contributed by atoms with van der Waals surface area (Å²) in [5.41, 5.74) is 0.911. The number of hydrogen-bond acceptors (Lipinski definition) is 3. The molecule has 0 radical (unpaired) electrons. The Morgan fingerprint density at radius 2 is 1.96 bits per heavy atom. The van der Waals surface area contributed by atoms with Crippen LogP contribution in [0.4, 0.5) is 4.39 Å². The minimum atomic E-state index is -3.85. The molecule has 4 nitrogen and oxygen atoms in total. The van der Waals surface area contributed by atoms with Crippen LogP contribution in [0.15, 0.2) is 41.3 Å². The van der Waals surface area contributed by atoms with Crippen LogP contribution in [-0.2, 0) is 16.6 Å². The number of sulfonamides is 1. The molecule has 0 aromatic heterocycles. The molecule has 0 amide bonds. The van der Waals surface area contributed by atoms with Gasteiger partial charge in [-0.05, 0) is 36.8 Å². The molecular formula is C16H17ClFNO3S. The standard InChI is InChI=1S/C16H17ClFNO3S/c1-11-7-8-15(22-3)16(9-11)23(20,21)19(2)10-12-13(17)5-4-6-14(12)18/h4-9H,10H2,1-3H3. The third-order valence-electron chi connectivity index (χ3n) is 3.45. The molecule has 0 aliphatic heterocycles. The van der Waals surface area contributed by atoms with Crippen LogP contribution in [0.25, 0.3) is 0 Å². The van der Waals surface area contributed by atoms with E-state index in [4.69, 9.17) is 16.3 Å². The van der Waals surface area contributed by atoms with Gasteiger partial charge < -0.3 is 4.74 Å². The van der Waals surface area contributed by atoms with Gasteiger partial charge in [0.05, 0.1) is 7.11 Å². The molecule has 2 rings (SSSR count). The first-order chi connectivity index (χ1) is 10.8. The first kappa shape index (κ1) is 17.7. The van der Waals surface area contributed by atoms with Crippen molar-refractivity contribution in [2.75, 3.05) is 14.2 Å². The molecule has 124 valence electrons. The number of nitrogens with zero attached hydrogens (tertiary/aromatic N) is 1. The molecule has 0 fully saturated rings. The van der Waals surface area contributed by atoms with Crippen molar-refractivity contribution < 1.29 is 17.5 Å². The van der Waals surface area contributed by atoms with Gasteiger partial charge in [-0.3, -0.25) is 0 Å². The first-order valence-corrected chi connectivity index (χ1v) is 8.63. The van der Waals surface area contributed by atoms with Gasteiger partial charge in [-0.15, -0.1) is 0 Å². The molecule has 2 aromatic rings. The maximum absolute atomic E-state index is 13.9. The molecule has 0 saturated carbocycles. The summed E-state index contributed by atoms with van der Waals surface area (Å²) in [5, 5.41) is 0.184. The van der Waals surface area contributed by atoms with Gasteiger partial charge in [0.25, 0.3) is 0 Å². The SMILES string of the molecule is COc1ccc(C)cc1S(=O)(=O)N(C)Cc1c(F)cccc1Cl. The smallest absolute Gasteiger partial charge is 0.246 e. The van der Waals surface area contributed by atoms with Crippen LogP contribution in [0.1, 0.15) is 11.1 Å². The fourth-order valence-corrected chi connectivity index (χ4v) is 3.74. The third kappa shape index (κ3) is 3.65. The summed E-state index contributed by atoms with van der Waals surface area (Å²) >= 11 is 5.97. The van der Waals surface area contributed by atoms with E-state index in [1.807, 2.05) is 0 Å². The maximum atomic E-state index is 13.9. The molecule has 0 aliphatic carbocycles. The molecule has 0 N–H and O–H groups in total. The Labute approximate surface area is 140 Å². The van der Waals surface area contributed by atoms with Gasteiger partial charge in [-0.1, -0.05) is 23.7 Å².